The van der Waals surface area contributed by atoms with Crippen LogP contribution in [0.3, 0.4) is 0 Å². The van der Waals surface area contributed by atoms with E-state index in [1.807, 2.05) is 26.0 Å². The molecule has 2 rings (SSSR count). The normalized spacial score (nSPS) is 12.7. The standard InChI is InChI=1S/C17H22FNO/c1-5-10-19-17(14-6-8-15(18)9-7-14)16-11(2)12(3)20-13(16)4/h6-9,17,19H,5,10H2,1-4H3. The van der Waals surface area contributed by atoms with Crippen molar-refractivity contribution < 1.29 is 8.81 Å². The van der Waals surface area contributed by atoms with E-state index in [0.29, 0.717) is 0 Å². The Labute approximate surface area is 120 Å². The monoisotopic (exact) mass is 275 g/mol. The van der Waals surface area contributed by atoms with Gasteiger partial charge in [-0.15, -0.1) is 0 Å². The summed E-state index contributed by atoms with van der Waals surface area (Å²) in [6, 6.07) is 6.74. The third kappa shape index (κ3) is 2.93. The Hall–Kier alpha value is -1.61. The molecule has 0 aliphatic rings. The van der Waals surface area contributed by atoms with Crippen LogP contribution in [0.15, 0.2) is 28.7 Å². The smallest absolute Gasteiger partial charge is 0.123 e. The summed E-state index contributed by atoms with van der Waals surface area (Å²) in [6.45, 7) is 9.08. The molecule has 1 heterocycles. The fourth-order valence-corrected chi connectivity index (χ4v) is 2.57. The lowest BCUT2D eigenvalue weighted by Gasteiger charge is -2.20. The first-order chi connectivity index (χ1) is 9.54. The molecule has 0 aliphatic heterocycles. The van der Waals surface area contributed by atoms with Gasteiger partial charge in [-0.25, -0.2) is 4.39 Å². The number of rotatable bonds is 5. The Morgan fingerprint density at radius 2 is 1.75 bits per heavy atom. The predicted molar refractivity (Wildman–Crippen MR) is 79.5 cm³/mol. The molecule has 0 saturated heterocycles. The SMILES string of the molecule is CCCNC(c1ccc(F)cc1)c1c(C)oc(C)c1C. The van der Waals surface area contributed by atoms with Crippen molar-refractivity contribution in [2.75, 3.05) is 6.54 Å². The molecular formula is C17H22FNO. The Morgan fingerprint density at radius 1 is 1.10 bits per heavy atom. The average Bonchev–Trinajstić information content (AvgIpc) is 2.67. The molecule has 1 atom stereocenters. The van der Waals surface area contributed by atoms with E-state index in [-0.39, 0.29) is 11.9 Å². The molecule has 2 nitrogen and oxygen atoms in total. The van der Waals surface area contributed by atoms with Crippen LogP contribution in [-0.2, 0) is 0 Å². The van der Waals surface area contributed by atoms with Crippen molar-refractivity contribution >= 4 is 0 Å². The van der Waals surface area contributed by atoms with Gasteiger partial charge in [0.2, 0.25) is 0 Å². The lowest BCUT2D eigenvalue weighted by atomic mass is 9.95. The number of aryl methyl sites for hydroxylation is 2. The molecule has 0 amide bonds. The Bertz CT molecular complexity index is 571. The second-order valence-electron chi connectivity index (χ2n) is 5.19. The minimum absolute atomic E-state index is 0.0491. The highest BCUT2D eigenvalue weighted by molar-refractivity contribution is 5.40. The highest BCUT2D eigenvalue weighted by atomic mass is 19.1. The summed E-state index contributed by atoms with van der Waals surface area (Å²) in [4.78, 5) is 0. The number of nitrogens with one attached hydrogen (secondary N) is 1. The van der Waals surface area contributed by atoms with Gasteiger partial charge in [-0.3, -0.25) is 0 Å². The van der Waals surface area contributed by atoms with Crippen molar-refractivity contribution in [2.24, 2.45) is 0 Å². The summed E-state index contributed by atoms with van der Waals surface area (Å²) in [7, 11) is 0. The first kappa shape index (κ1) is 14.8. The maximum absolute atomic E-state index is 13.1. The second kappa shape index (κ2) is 6.23. The molecule has 3 heteroatoms. The lowest BCUT2D eigenvalue weighted by molar-refractivity contribution is 0.492. The van der Waals surface area contributed by atoms with Gasteiger partial charge in [0.05, 0.1) is 6.04 Å². The minimum atomic E-state index is -0.209. The zero-order valence-corrected chi connectivity index (χ0v) is 12.6. The average molecular weight is 275 g/mol. The summed E-state index contributed by atoms with van der Waals surface area (Å²) in [5, 5.41) is 3.53. The molecule has 1 N–H and O–H groups in total. The zero-order chi connectivity index (χ0) is 14.7. The van der Waals surface area contributed by atoms with Crippen LogP contribution in [0.25, 0.3) is 0 Å². The fraction of sp³-hybridized carbons (Fsp3) is 0.412. The number of hydrogen-bond donors (Lipinski definition) is 1. The number of hydrogen-bond acceptors (Lipinski definition) is 2. The zero-order valence-electron chi connectivity index (χ0n) is 12.6. The highest BCUT2D eigenvalue weighted by Gasteiger charge is 2.22. The maximum Gasteiger partial charge on any atom is 0.123 e. The van der Waals surface area contributed by atoms with Crippen LogP contribution in [0, 0.1) is 26.6 Å². The van der Waals surface area contributed by atoms with E-state index < -0.39 is 0 Å². The molecule has 0 aliphatic carbocycles. The van der Waals surface area contributed by atoms with E-state index in [1.165, 1.54) is 23.3 Å². The van der Waals surface area contributed by atoms with Gasteiger partial charge in [0.25, 0.3) is 0 Å². The van der Waals surface area contributed by atoms with Crippen LogP contribution >= 0.6 is 0 Å². The summed E-state index contributed by atoms with van der Waals surface area (Å²) in [5.74, 6) is 1.67. The van der Waals surface area contributed by atoms with Crippen LogP contribution in [0.5, 0.6) is 0 Å². The fourth-order valence-electron chi connectivity index (χ4n) is 2.57. The molecular weight excluding hydrogens is 253 g/mol. The third-order valence-electron chi connectivity index (χ3n) is 3.71. The molecule has 1 unspecified atom stereocenters. The Kier molecular flexibility index (Phi) is 4.61. The van der Waals surface area contributed by atoms with Crippen molar-refractivity contribution in [3.8, 4) is 0 Å². The van der Waals surface area contributed by atoms with Crippen molar-refractivity contribution in [3.63, 3.8) is 0 Å². The Balaban J connectivity index is 2.44. The van der Waals surface area contributed by atoms with Gasteiger partial charge in [0.1, 0.15) is 17.3 Å². The number of benzene rings is 1. The van der Waals surface area contributed by atoms with Crippen LogP contribution in [0.1, 0.15) is 47.6 Å². The van der Waals surface area contributed by atoms with E-state index in [4.69, 9.17) is 4.42 Å². The first-order valence-corrected chi connectivity index (χ1v) is 7.10. The molecule has 0 fully saturated rings. The Morgan fingerprint density at radius 3 is 2.25 bits per heavy atom. The molecule has 2 aromatic rings. The van der Waals surface area contributed by atoms with Gasteiger partial charge in [0, 0.05) is 5.56 Å². The lowest BCUT2D eigenvalue weighted by Crippen LogP contribution is -2.24. The van der Waals surface area contributed by atoms with Gasteiger partial charge in [-0.1, -0.05) is 19.1 Å². The van der Waals surface area contributed by atoms with Gasteiger partial charge in [-0.05, 0) is 57.0 Å². The molecule has 0 saturated carbocycles. The quantitative estimate of drug-likeness (QED) is 0.873. The molecule has 1 aromatic heterocycles. The van der Waals surface area contributed by atoms with Crippen LogP contribution in [0.4, 0.5) is 4.39 Å². The van der Waals surface area contributed by atoms with Gasteiger partial charge < -0.3 is 9.73 Å². The van der Waals surface area contributed by atoms with E-state index in [9.17, 15) is 4.39 Å². The molecule has 108 valence electrons. The molecule has 0 spiro atoms. The van der Waals surface area contributed by atoms with Crippen molar-refractivity contribution in [2.45, 2.75) is 40.2 Å². The van der Waals surface area contributed by atoms with E-state index in [1.54, 1.807) is 0 Å². The van der Waals surface area contributed by atoms with E-state index in [0.717, 1.165) is 30.0 Å². The molecule has 20 heavy (non-hydrogen) atoms. The third-order valence-corrected chi connectivity index (χ3v) is 3.71. The van der Waals surface area contributed by atoms with E-state index >= 15 is 0 Å². The summed E-state index contributed by atoms with van der Waals surface area (Å²) in [5.41, 5.74) is 3.40. The largest absolute Gasteiger partial charge is 0.466 e. The van der Waals surface area contributed by atoms with Gasteiger partial charge >= 0.3 is 0 Å². The number of furan rings is 1. The van der Waals surface area contributed by atoms with Gasteiger partial charge in [-0.2, -0.15) is 0 Å². The summed E-state index contributed by atoms with van der Waals surface area (Å²) >= 11 is 0. The molecule has 0 radical (unpaired) electrons. The predicted octanol–water partition coefficient (Wildman–Crippen LogP) is 4.43. The highest BCUT2D eigenvalue weighted by Crippen LogP contribution is 2.31. The second-order valence-corrected chi connectivity index (χ2v) is 5.19. The number of halogens is 1. The summed E-state index contributed by atoms with van der Waals surface area (Å²) in [6.07, 6.45) is 1.05. The van der Waals surface area contributed by atoms with Gasteiger partial charge in [0.15, 0.2) is 0 Å². The van der Waals surface area contributed by atoms with Crippen molar-refractivity contribution in [3.05, 3.63) is 58.3 Å². The van der Waals surface area contributed by atoms with Crippen LogP contribution in [-0.4, -0.2) is 6.54 Å². The first-order valence-electron chi connectivity index (χ1n) is 7.10. The van der Waals surface area contributed by atoms with E-state index in [2.05, 4.69) is 19.2 Å². The molecule has 0 bridgehead atoms. The van der Waals surface area contributed by atoms with Crippen LogP contribution in [0.2, 0.25) is 0 Å². The molecule has 1 aromatic carbocycles. The van der Waals surface area contributed by atoms with Crippen LogP contribution < -0.4 is 5.32 Å². The van der Waals surface area contributed by atoms with Crippen molar-refractivity contribution in [1.82, 2.24) is 5.32 Å². The van der Waals surface area contributed by atoms with Crippen molar-refractivity contribution in [1.29, 1.82) is 0 Å². The summed E-state index contributed by atoms with van der Waals surface area (Å²) < 4.78 is 18.9. The minimum Gasteiger partial charge on any atom is -0.466 e. The topological polar surface area (TPSA) is 25.2 Å². The maximum atomic E-state index is 13.1.